The maximum Gasteiger partial charge on any atom is 0.411 e. The summed E-state index contributed by atoms with van der Waals surface area (Å²) in [6.45, 7) is -1.19. The minimum atomic E-state index is -4.35. The molecule has 0 aliphatic carbocycles. The molecule has 1 amide bonds. The molecule has 3 aromatic carbocycles. The van der Waals surface area contributed by atoms with Gasteiger partial charge in [0.15, 0.2) is 0 Å². The minimum absolute atomic E-state index is 0.141. The van der Waals surface area contributed by atoms with Crippen LogP contribution >= 0.6 is 0 Å². The summed E-state index contributed by atoms with van der Waals surface area (Å²) in [6.07, 6.45) is -4.35. The zero-order chi connectivity index (χ0) is 22.3. The van der Waals surface area contributed by atoms with Crippen molar-refractivity contribution in [1.29, 1.82) is 5.26 Å². The Balaban J connectivity index is 1.65. The third kappa shape index (κ3) is 6.17. The number of halogens is 3. The zero-order valence-electron chi connectivity index (χ0n) is 16.4. The average Bonchev–Trinajstić information content (AvgIpc) is 2.77. The van der Waals surface area contributed by atoms with Gasteiger partial charge in [0.25, 0.3) is 5.91 Å². The number of hydrogen-bond donors (Lipinski definition) is 1. The van der Waals surface area contributed by atoms with Gasteiger partial charge in [-0.05, 0) is 28.8 Å². The van der Waals surface area contributed by atoms with Crippen molar-refractivity contribution in [3.05, 3.63) is 95.1 Å². The van der Waals surface area contributed by atoms with E-state index >= 15 is 0 Å². The van der Waals surface area contributed by atoms with Crippen LogP contribution in [0.1, 0.15) is 27.0 Å². The SMILES string of the molecule is N#Cc1ccccc1-c1ccccc1C(=O)NCc1ccc(COCC(F)(F)F)cc1. The lowest BCUT2D eigenvalue weighted by atomic mass is 9.95. The molecule has 31 heavy (non-hydrogen) atoms. The van der Waals surface area contributed by atoms with Crippen LogP contribution < -0.4 is 5.32 Å². The van der Waals surface area contributed by atoms with E-state index in [1.54, 1.807) is 66.7 Å². The van der Waals surface area contributed by atoms with Crippen molar-refractivity contribution in [2.45, 2.75) is 19.3 Å². The molecule has 0 radical (unpaired) electrons. The molecule has 0 heterocycles. The molecule has 4 nitrogen and oxygen atoms in total. The second-order valence-electron chi connectivity index (χ2n) is 6.81. The highest BCUT2D eigenvalue weighted by molar-refractivity contribution is 6.01. The van der Waals surface area contributed by atoms with Crippen molar-refractivity contribution >= 4 is 5.91 Å². The van der Waals surface area contributed by atoms with Crippen molar-refractivity contribution in [1.82, 2.24) is 5.32 Å². The maximum atomic E-state index is 12.8. The molecule has 7 heteroatoms. The summed E-state index contributed by atoms with van der Waals surface area (Å²) in [5.41, 5.74) is 3.67. The summed E-state index contributed by atoms with van der Waals surface area (Å²) in [5.74, 6) is -0.291. The number of nitriles is 1. The molecule has 0 aromatic heterocycles. The number of carbonyl (C=O) groups is 1. The van der Waals surface area contributed by atoms with Crippen LogP contribution in [0.5, 0.6) is 0 Å². The number of alkyl halides is 3. The topological polar surface area (TPSA) is 62.1 Å². The van der Waals surface area contributed by atoms with Gasteiger partial charge in [-0.3, -0.25) is 4.79 Å². The Morgan fingerprint density at radius 3 is 2.19 bits per heavy atom. The molecule has 0 aliphatic heterocycles. The van der Waals surface area contributed by atoms with Gasteiger partial charge in [-0.25, -0.2) is 0 Å². The minimum Gasteiger partial charge on any atom is -0.367 e. The third-order valence-corrected chi connectivity index (χ3v) is 4.52. The van der Waals surface area contributed by atoms with Crippen LogP contribution in [0.2, 0.25) is 0 Å². The molecule has 3 rings (SSSR count). The van der Waals surface area contributed by atoms with E-state index in [4.69, 9.17) is 0 Å². The van der Waals surface area contributed by atoms with Gasteiger partial charge in [0.05, 0.1) is 18.2 Å². The second-order valence-corrected chi connectivity index (χ2v) is 6.81. The third-order valence-electron chi connectivity index (χ3n) is 4.52. The van der Waals surface area contributed by atoms with E-state index in [0.717, 1.165) is 5.56 Å². The summed E-state index contributed by atoms with van der Waals surface area (Å²) in [7, 11) is 0. The van der Waals surface area contributed by atoms with E-state index in [1.807, 2.05) is 6.07 Å². The molecular weight excluding hydrogens is 405 g/mol. The zero-order valence-corrected chi connectivity index (χ0v) is 16.4. The highest BCUT2D eigenvalue weighted by Crippen LogP contribution is 2.27. The van der Waals surface area contributed by atoms with Gasteiger partial charge in [0, 0.05) is 17.7 Å². The van der Waals surface area contributed by atoms with E-state index in [1.165, 1.54) is 0 Å². The smallest absolute Gasteiger partial charge is 0.367 e. The Bertz CT molecular complexity index is 1090. The summed E-state index contributed by atoms with van der Waals surface area (Å²) in [5, 5.41) is 12.2. The number of rotatable bonds is 7. The lowest BCUT2D eigenvalue weighted by Crippen LogP contribution is -2.23. The second kappa shape index (κ2) is 9.92. The van der Waals surface area contributed by atoms with Crippen molar-refractivity contribution in [2.24, 2.45) is 0 Å². The molecule has 0 saturated carbocycles. The Hall–Kier alpha value is -3.63. The average molecular weight is 424 g/mol. The Morgan fingerprint density at radius 1 is 0.903 bits per heavy atom. The largest absolute Gasteiger partial charge is 0.411 e. The van der Waals surface area contributed by atoms with E-state index in [2.05, 4.69) is 16.1 Å². The Kier molecular flexibility index (Phi) is 7.06. The van der Waals surface area contributed by atoms with Gasteiger partial charge >= 0.3 is 6.18 Å². The van der Waals surface area contributed by atoms with Crippen LogP contribution in [0.15, 0.2) is 72.8 Å². The van der Waals surface area contributed by atoms with Gasteiger partial charge in [-0.15, -0.1) is 0 Å². The number of carbonyl (C=O) groups excluding carboxylic acids is 1. The monoisotopic (exact) mass is 424 g/mol. The normalized spacial score (nSPS) is 11.0. The van der Waals surface area contributed by atoms with E-state index in [-0.39, 0.29) is 19.1 Å². The highest BCUT2D eigenvalue weighted by Gasteiger charge is 2.27. The fraction of sp³-hybridized carbons (Fsp3) is 0.167. The van der Waals surface area contributed by atoms with Crippen LogP contribution in [-0.4, -0.2) is 18.7 Å². The summed E-state index contributed by atoms with van der Waals surface area (Å²) >= 11 is 0. The number of nitrogens with one attached hydrogen (secondary N) is 1. The molecule has 0 spiro atoms. The van der Waals surface area contributed by atoms with Gasteiger partial charge in [-0.2, -0.15) is 18.4 Å². The summed E-state index contributed by atoms with van der Waals surface area (Å²) < 4.78 is 41.0. The molecule has 1 N–H and O–H groups in total. The lowest BCUT2D eigenvalue weighted by molar-refractivity contribution is -0.176. The number of hydrogen-bond acceptors (Lipinski definition) is 3. The number of nitrogens with zero attached hydrogens (tertiary/aromatic N) is 1. The van der Waals surface area contributed by atoms with Crippen LogP contribution in [0.4, 0.5) is 13.2 Å². The molecule has 3 aromatic rings. The van der Waals surface area contributed by atoms with Crippen LogP contribution in [0, 0.1) is 11.3 Å². The highest BCUT2D eigenvalue weighted by atomic mass is 19.4. The van der Waals surface area contributed by atoms with Crippen molar-refractivity contribution in [3.8, 4) is 17.2 Å². The molecule has 0 atom stereocenters. The molecule has 0 fully saturated rings. The van der Waals surface area contributed by atoms with Crippen molar-refractivity contribution < 1.29 is 22.7 Å². The van der Waals surface area contributed by atoms with Crippen molar-refractivity contribution in [3.63, 3.8) is 0 Å². The Morgan fingerprint density at radius 2 is 1.52 bits per heavy atom. The summed E-state index contributed by atoms with van der Waals surface area (Å²) in [6, 6.07) is 23.0. The number of ether oxygens (including phenoxy) is 1. The van der Waals surface area contributed by atoms with Crippen LogP contribution in [-0.2, 0) is 17.9 Å². The first kappa shape index (κ1) is 22.1. The van der Waals surface area contributed by atoms with Gasteiger partial charge in [0.1, 0.15) is 6.61 Å². The van der Waals surface area contributed by atoms with Gasteiger partial charge < -0.3 is 10.1 Å². The van der Waals surface area contributed by atoms with Gasteiger partial charge in [0.2, 0.25) is 0 Å². The molecule has 0 unspecified atom stereocenters. The van der Waals surface area contributed by atoms with Crippen LogP contribution in [0.25, 0.3) is 11.1 Å². The van der Waals surface area contributed by atoms with E-state index in [0.29, 0.717) is 27.8 Å². The standard InChI is InChI=1S/C24H19F3N2O2/c25-24(26,27)16-31-15-18-11-9-17(10-12-18)14-29-23(30)22-8-4-3-7-21(22)20-6-2-1-5-19(20)13-28/h1-12H,14-16H2,(H,29,30). The fourth-order valence-electron chi connectivity index (χ4n) is 3.05. The predicted octanol–water partition coefficient (Wildman–Crippen LogP) is 5.23. The predicted molar refractivity (Wildman–Crippen MR) is 110 cm³/mol. The molecule has 0 aliphatic rings. The maximum absolute atomic E-state index is 12.8. The van der Waals surface area contributed by atoms with E-state index in [9.17, 15) is 23.2 Å². The lowest BCUT2D eigenvalue weighted by Gasteiger charge is -2.12. The Labute approximate surface area is 177 Å². The van der Waals surface area contributed by atoms with Crippen LogP contribution in [0.3, 0.4) is 0 Å². The summed E-state index contributed by atoms with van der Waals surface area (Å²) in [4.78, 5) is 12.8. The van der Waals surface area contributed by atoms with Gasteiger partial charge in [-0.1, -0.05) is 60.7 Å². The first-order chi connectivity index (χ1) is 14.9. The van der Waals surface area contributed by atoms with Crippen molar-refractivity contribution in [2.75, 3.05) is 6.61 Å². The fourth-order valence-corrected chi connectivity index (χ4v) is 3.05. The molecular formula is C24H19F3N2O2. The molecule has 0 bridgehead atoms. The number of amides is 1. The number of benzene rings is 3. The van der Waals surface area contributed by atoms with E-state index < -0.39 is 12.8 Å². The molecule has 0 saturated heterocycles. The molecule has 158 valence electrons. The first-order valence-electron chi connectivity index (χ1n) is 9.46. The first-order valence-corrected chi connectivity index (χ1v) is 9.46. The quantitative estimate of drug-likeness (QED) is 0.565.